The second-order valence-electron chi connectivity index (χ2n) is 6.33. The molecular formula is C19H20ClNO2. The lowest BCUT2D eigenvalue weighted by atomic mass is 9.89. The van der Waals surface area contributed by atoms with E-state index in [4.69, 9.17) is 21.1 Å². The third-order valence-electron chi connectivity index (χ3n) is 4.75. The number of piperidine rings is 1. The molecule has 2 aromatic rings. The van der Waals surface area contributed by atoms with E-state index in [0.717, 1.165) is 43.0 Å². The summed E-state index contributed by atoms with van der Waals surface area (Å²) in [5.74, 6) is 1.33. The molecule has 4 heteroatoms. The van der Waals surface area contributed by atoms with Crippen LogP contribution in [0.5, 0.6) is 11.5 Å². The maximum atomic E-state index is 6.36. The summed E-state index contributed by atoms with van der Waals surface area (Å²) in [6, 6.07) is 13.9. The van der Waals surface area contributed by atoms with Crippen molar-refractivity contribution in [2.24, 2.45) is 0 Å². The molecular weight excluding hydrogens is 310 g/mol. The van der Waals surface area contributed by atoms with Gasteiger partial charge >= 0.3 is 0 Å². The first kappa shape index (κ1) is 14.9. The highest BCUT2D eigenvalue weighted by Crippen LogP contribution is 2.49. The van der Waals surface area contributed by atoms with Gasteiger partial charge in [0.15, 0.2) is 11.5 Å². The Morgan fingerprint density at radius 3 is 2.61 bits per heavy atom. The monoisotopic (exact) mass is 329 g/mol. The molecule has 2 heterocycles. The number of benzene rings is 2. The lowest BCUT2D eigenvalue weighted by Gasteiger charge is -2.26. The van der Waals surface area contributed by atoms with Crippen LogP contribution in [0.1, 0.15) is 36.8 Å². The molecule has 0 amide bonds. The Morgan fingerprint density at radius 2 is 1.83 bits per heavy atom. The van der Waals surface area contributed by atoms with Crippen LogP contribution < -0.4 is 14.8 Å². The van der Waals surface area contributed by atoms with Crippen molar-refractivity contribution < 1.29 is 9.47 Å². The van der Waals surface area contributed by atoms with E-state index >= 15 is 0 Å². The predicted molar refractivity (Wildman–Crippen MR) is 91.3 cm³/mol. The molecule has 3 nitrogen and oxygen atoms in total. The predicted octanol–water partition coefficient (Wildman–Crippen LogP) is 4.45. The van der Waals surface area contributed by atoms with E-state index in [9.17, 15) is 0 Å². The third-order valence-corrected chi connectivity index (χ3v) is 5.08. The molecule has 1 atom stereocenters. The van der Waals surface area contributed by atoms with Gasteiger partial charge < -0.3 is 14.8 Å². The highest BCUT2D eigenvalue weighted by molar-refractivity contribution is 6.31. The van der Waals surface area contributed by atoms with Gasteiger partial charge in [-0.05, 0) is 50.0 Å². The van der Waals surface area contributed by atoms with E-state index in [1.165, 1.54) is 5.56 Å². The van der Waals surface area contributed by atoms with Crippen molar-refractivity contribution in [3.8, 4) is 11.5 Å². The highest BCUT2D eigenvalue weighted by atomic mass is 35.5. The summed E-state index contributed by atoms with van der Waals surface area (Å²) in [7, 11) is 0. The zero-order valence-electron chi connectivity index (χ0n) is 13.1. The average Bonchev–Trinajstić information content (AvgIpc) is 2.93. The van der Waals surface area contributed by atoms with Crippen molar-refractivity contribution in [3.05, 3.63) is 58.6 Å². The van der Waals surface area contributed by atoms with E-state index in [-0.39, 0.29) is 0 Å². The summed E-state index contributed by atoms with van der Waals surface area (Å²) < 4.78 is 12.5. The van der Waals surface area contributed by atoms with Crippen molar-refractivity contribution in [1.29, 1.82) is 0 Å². The number of nitrogens with one attached hydrogen (secondary N) is 1. The third kappa shape index (κ3) is 2.58. The topological polar surface area (TPSA) is 30.5 Å². The Balaban J connectivity index is 1.71. The minimum atomic E-state index is -0.871. The van der Waals surface area contributed by atoms with Crippen molar-refractivity contribution in [1.82, 2.24) is 5.32 Å². The Labute approximate surface area is 141 Å². The minimum Gasteiger partial charge on any atom is -0.444 e. The number of fused-ring (bicyclic) bond motifs is 1. The van der Waals surface area contributed by atoms with Crippen molar-refractivity contribution in [3.63, 3.8) is 0 Å². The van der Waals surface area contributed by atoms with Crippen LogP contribution in [0.3, 0.4) is 0 Å². The molecule has 2 aliphatic heterocycles. The van der Waals surface area contributed by atoms with Crippen molar-refractivity contribution in [2.45, 2.75) is 31.5 Å². The number of para-hydroxylation sites is 1. The number of hydrogen-bond donors (Lipinski definition) is 1. The van der Waals surface area contributed by atoms with E-state index in [1.54, 1.807) is 0 Å². The average molecular weight is 330 g/mol. The molecule has 1 N–H and O–H groups in total. The minimum absolute atomic E-state index is 0.517. The summed E-state index contributed by atoms with van der Waals surface area (Å²) in [6.07, 6.45) is 2.26. The van der Waals surface area contributed by atoms with E-state index in [2.05, 4.69) is 17.4 Å². The number of ether oxygens (including phenoxy) is 2. The van der Waals surface area contributed by atoms with Crippen LogP contribution in [0.25, 0.3) is 0 Å². The Kier molecular flexibility index (Phi) is 3.70. The zero-order chi connectivity index (χ0) is 15.9. The lowest BCUT2D eigenvalue weighted by Crippen LogP contribution is -2.32. The summed E-state index contributed by atoms with van der Waals surface area (Å²) >= 11 is 6.36. The Bertz CT molecular complexity index is 727. The fourth-order valence-corrected chi connectivity index (χ4v) is 3.85. The second kappa shape index (κ2) is 5.73. The van der Waals surface area contributed by atoms with E-state index < -0.39 is 5.79 Å². The van der Waals surface area contributed by atoms with Gasteiger partial charge in [0, 0.05) is 12.5 Å². The molecule has 1 fully saturated rings. The van der Waals surface area contributed by atoms with Gasteiger partial charge in [-0.1, -0.05) is 35.9 Å². The number of rotatable bonds is 2. The lowest BCUT2D eigenvalue weighted by molar-refractivity contribution is -0.0683. The quantitative estimate of drug-likeness (QED) is 0.883. The largest absolute Gasteiger partial charge is 0.444 e. The van der Waals surface area contributed by atoms with Gasteiger partial charge in [-0.3, -0.25) is 0 Å². The molecule has 2 aromatic carbocycles. The molecule has 120 valence electrons. The van der Waals surface area contributed by atoms with E-state index in [1.807, 2.05) is 37.3 Å². The summed E-state index contributed by atoms with van der Waals surface area (Å²) in [4.78, 5) is 0. The standard InChI is InChI=1S/C19H20ClNO2/c1-19(15-6-2-3-7-16(15)20)22-17-8-4-5-14(18(17)23-19)13-9-11-21-12-10-13/h2-8,13,21H,9-12H2,1H3. The van der Waals surface area contributed by atoms with Crippen molar-refractivity contribution >= 4 is 11.6 Å². The normalized spacial score (nSPS) is 23.9. The van der Waals surface area contributed by atoms with Crippen LogP contribution in [-0.4, -0.2) is 13.1 Å². The van der Waals surface area contributed by atoms with Gasteiger partial charge in [-0.25, -0.2) is 0 Å². The highest BCUT2D eigenvalue weighted by Gasteiger charge is 2.42. The van der Waals surface area contributed by atoms with Gasteiger partial charge in [0.1, 0.15) is 0 Å². The summed E-state index contributed by atoms with van der Waals surface area (Å²) in [5, 5.41) is 4.07. The molecule has 1 saturated heterocycles. The zero-order valence-corrected chi connectivity index (χ0v) is 13.9. The van der Waals surface area contributed by atoms with Crippen LogP contribution in [-0.2, 0) is 5.79 Å². The van der Waals surface area contributed by atoms with Crippen LogP contribution in [0.2, 0.25) is 5.02 Å². The van der Waals surface area contributed by atoms with Crippen LogP contribution in [0.15, 0.2) is 42.5 Å². The van der Waals surface area contributed by atoms with Crippen LogP contribution in [0, 0.1) is 0 Å². The first-order valence-corrected chi connectivity index (χ1v) is 8.52. The smallest absolute Gasteiger partial charge is 0.276 e. The molecule has 0 aromatic heterocycles. The van der Waals surface area contributed by atoms with E-state index in [0.29, 0.717) is 10.9 Å². The maximum absolute atomic E-state index is 6.36. The fourth-order valence-electron chi connectivity index (χ4n) is 3.54. The van der Waals surface area contributed by atoms with Gasteiger partial charge in [-0.15, -0.1) is 0 Å². The SMILES string of the molecule is CC1(c2ccccc2Cl)Oc2cccc(C3CCNCC3)c2O1. The Hall–Kier alpha value is -1.71. The first-order chi connectivity index (χ1) is 11.2. The maximum Gasteiger partial charge on any atom is 0.276 e. The van der Waals surface area contributed by atoms with Crippen molar-refractivity contribution in [2.75, 3.05) is 13.1 Å². The first-order valence-electron chi connectivity index (χ1n) is 8.14. The summed E-state index contributed by atoms with van der Waals surface area (Å²) in [6.45, 7) is 4.04. The second-order valence-corrected chi connectivity index (χ2v) is 6.74. The van der Waals surface area contributed by atoms with Crippen LogP contribution in [0.4, 0.5) is 0 Å². The molecule has 2 aliphatic rings. The number of hydrogen-bond acceptors (Lipinski definition) is 3. The van der Waals surface area contributed by atoms with Crippen LogP contribution >= 0.6 is 11.6 Å². The fraction of sp³-hybridized carbons (Fsp3) is 0.368. The molecule has 0 radical (unpaired) electrons. The molecule has 0 saturated carbocycles. The van der Waals surface area contributed by atoms with Gasteiger partial charge in [0.05, 0.1) is 10.6 Å². The molecule has 0 bridgehead atoms. The molecule has 0 spiro atoms. The Morgan fingerprint density at radius 1 is 1.04 bits per heavy atom. The molecule has 23 heavy (non-hydrogen) atoms. The molecule has 4 rings (SSSR count). The van der Waals surface area contributed by atoms with Gasteiger partial charge in [-0.2, -0.15) is 0 Å². The number of halogens is 1. The molecule has 1 unspecified atom stereocenters. The van der Waals surface area contributed by atoms with Gasteiger partial charge in [0.25, 0.3) is 5.79 Å². The van der Waals surface area contributed by atoms with Gasteiger partial charge in [0.2, 0.25) is 0 Å². The summed E-state index contributed by atoms with van der Waals surface area (Å²) in [5.41, 5.74) is 2.11. The molecule has 0 aliphatic carbocycles.